The van der Waals surface area contributed by atoms with Gasteiger partial charge in [-0.1, -0.05) is 104 Å². The molecule has 9 aromatic heterocycles. The lowest BCUT2D eigenvalue weighted by Gasteiger charge is -2.21. The minimum atomic E-state index is -4.10. The Morgan fingerprint density at radius 3 is 1.36 bits per heavy atom. The monoisotopic (exact) mass is 2200 g/mol. The highest BCUT2D eigenvalue weighted by Gasteiger charge is 2.40. The van der Waals surface area contributed by atoms with Crippen molar-refractivity contribution in [3.63, 3.8) is 0 Å². The molecule has 3 aromatic carbocycles. The van der Waals surface area contributed by atoms with Crippen LogP contribution < -0.4 is 31.2 Å². The molecule has 10 heterocycles. The van der Waals surface area contributed by atoms with Crippen LogP contribution in [0.25, 0.3) is 0 Å². The largest absolute Gasteiger partial charge is 0.393 e. The molecule has 0 radical (unpaired) electrons. The minimum absolute atomic E-state index is 0. The Bertz CT molecular complexity index is 6890. The number of carbonyl (C=O) groups excluding carboxylic acids is 4. The number of thiophene rings is 4. The maximum Gasteiger partial charge on any atom is 0.333 e. The highest BCUT2D eigenvalue weighted by atomic mass is 35.5. The number of hydrogen-bond acceptors (Lipinski definition) is 36. The molecule has 778 valence electrons. The zero-order valence-electron chi connectivity index (χ0n) is 77.1. The van der Waals surface area contributed by atoms with Gasteiger partial charge in [-0.2, -0.15) is 38.8 Å². The Kier molecular flexibility index (Phi) is 41.4. The van der Waals surface area contributed by atoms with E-state index >= 15 is 0 Å². The molecule has 17 rings (SSSR count). The van der Waals surface area contributed by atoms with Crippen LogP contribution in [0.3, 0.4) is 0 Å². The van der Waals surface area contributed by atoms with Crippen LogP contribution in [0.15, 0.2) is 177 Å². The summed E-state index contributed by atoms with van der Waals surface area (Å²) < 4.78 is 115. The van der Waals surface area contributed by atoms with Crippen molar-refractivity contribution in [2.24, 2.45) is 62.0 Å². The van der Waals surface area contributed by atoms with E-state index in [-0.39, 0.29) is 106 Å². The van der Waals surface area contributed by atoms with E-state index in [1.165, 1.54) is 99.7 Å². The lowest BCUT2D eigenvalue weighted by Crippen LogP contribution is -2.24. The third-order valence-corrected chi connectivity index (χ3v) is 32.3. The third kappa shape index (κ3) is 34.0. The van der Waals surface area contributed by atoms with E-state index in [9.17, 15) is 73.3 Å². The summed E-state index contributed by atoms with van der Waals surface area (Å²) in [7, 11) is -16.3. The van der Waals surface area contributed by atoms with Gasteiger partial charge in [0.1, 0.15) is 36.9 Å². The average molecular weight is 2200 g/mol. The van der Waals surface area contributed by atoms with Crippen molar-refractivity contribution in [3.05, 3.63) is 293 Å². The highest BCUT2D eigenvalue weighted by molar-refractivity contribution is 7.85. The van der Waals surface area contributed by atoms with Crippen LogP contribution in [-0.4, -0.2) is 203 Å². The summed E-state index contributed by atoms with van der Waals surface area (Å²) in [6.07, 6.45) is 22.4. The van der Waals surface area contributed by atoms with Crippen molar-refractivity contribution >= 4 is 156 Å². The molecule has 5 fully saturated rings. The van der Waals surface area contributed by atoms with E-state index in [0.29, 0.717) is 163 Å². The number of hydrogen-bond donors (Lipinski definition) is 10. The molecule has 5 aliphatic rings. The van der Waals surface area contributed by atoms with Gasteiger partial charge in [0.2, 0.25) is 23.1 Å². The maximum atomic E-state index is 13.9. The lowest BCUT2D eigenvalue weighted by molar-refractivity contribution is 0.0667. The Labute approximate surface area is 873 Å². The summed E-state index contributed by atoms with van der Waals surface area (Å²) in [5.74, 6) is -1.03. The van der Waals surface area contributed by atoms with E-state index in [4.69, 9.17) is 64.3 Å². The molecule has 4 aliphatic carbocycles. The number of aliphatic hydroxyl groups is 4. The molecule has 0 amide bonds. The molecular weight excluding hydrogens is 2090 g/mol. The lowest BCUT2D eigenvalue weighted by atomic mass is 9.93. The molecule has 12 aromatic rings. The number of carbonyl (C=O) groups is 4. The predicted molar refractivity (Wildman–Crippen MR) is 554 cm³/mol. The van der Waals surface area contributed by atoms with Crippen LogP contribution in [0.1, 0.15) is 200 Å². The van der Waals surface area contributed by atoms with Crippen LogP contribution in [0, 0.1) is 48.3 Å². The quantitative estimate of drug-likeness (QED) is 0.0160. The summed E-state index contributed by atoms with van der Waals surface area (Å²) in [5, 5.41) is 74.8. The number of aliphatic hydroxyl groups excluding tert-OH is 4. The Morgan fingerprint density at radius 1 is 0.455 bits per heavy atom. The fourth-order valence-electron chi connectivity index (χ4n) is 18.2. The highest BCUT2D eigenvalue weighted by Crippen LogP contribution is 2.41. The zero-order chi connectivity index (χ0) is 102. The topological polar surface area (TPSA) is 581 Å². The van der Waals surface area contributed by atoms with E-state index in [1.807, 2.05) is 108 Å². The fourth-order valence-corrected chi connectivity index (χ4v) is 24.4. The number of ether oxygens (including phenoxy) is 1. The van der Waals surface area contributed by atoms with E-state index in [1.54, 1.807) is 24.5 Å². The van der Waals surface area contributed by atoms with Gasteiger partial charge in [0.05, 0.1) is 115 Å². The number of halogens is 3. The van der Waals surface area contributed by atoms with Crippen LogP contribution in [0.5, 0.6) is 0 Å². The van der Waals surface area contributed by atoms with Crippen molar-refractivity contribution in [2.75, 3.05) is 50.3 Å². The smallest absolute Gasteiger partial charge is 0.333 e. The van der Waals surface area contributed by atoms with E-state index in [2.05, 4.69) is 80.3 Å². The minimum Gasteiger partial charge on any atom is -0.393 e. The van der Waals surface area contributed by atoms with E-state index < -0.39 is 77.5 Å². The molecule has 14 N–H and O–H groups in total. The molecular formula is C97H115Cl3N16O21S8. The summed E-state index contributed by atoms with van der Waals surface area (Å²) >= 11 is 24.3. The third-order valence-electron chi connectivity index (χ3n) is 25.3. The van der Waals surface area contributed by atoms with Crippen LogP contribution in [-0.2, 0) is 114 Å². The number of benzene rings is 3. The van der Waals surface area contributed by atoms with Gasteiger partial charge in [-0.3, -0.25) is 40.6 Å². The van der Waals surface area contributed by atoms with Crippen LogP contribution >= 0.6 is 80.1 Å². The number of aryl methyl sites for hydroxylation is 3. The van der Waals surface area contributed by atoms with Crippen molar-refractivity contribution in [3.8, 4) is 0 Å². The average Bonchev–Trinajstić information content (AvgIpc) is 1.66. The first-order chi connectivity index (χ1) is 68.2. The summed E-state index contributed by atoms with van der Waals surface area (Å²) in [6, 6.07) is 34.4. The van der Waals surface area contributed by atoms with Crippen LogP contribution in [0.4, 0.5) is 11.6 Å². The first-order valence-corrected chi connectivity index (χ1v) is 56.0. The Morgan fingerprint density at radius 2 is 0.876 bits per heavy atom. The summed E-state index contributed by atoms with van der Waals surface area (Å²) in [5.41, 5.74) is 10.1. The molecule has 48 heteroatoms. The normalized spacial score (nSPS) is 20.6. The summed E-state index contributed by atoms with van der Waals surface area (Å²) in [4.78, 5) is 91.7. The molecule has 4 saturated carbocycles. The maximum absolute atomic E-state index is 13.9. The number of nitrogens with two attached hydrogens (primary N) is 4. The number of ketones is 4. The second-order valence-corrected chi connectivity index (χ2v) is 46.5. The SMILES string of the molecule is C.C.Cc1sc(C(=O)c2cncnc2C[C@@H]2C[C@H](COS(N)(=O)=O)[C@@H](O)C2)cc1Cn1cccn1.NS(=O)(=O)OC[C@H]1C[C@@H](Cc2ncncc2C(=O)c2cc(Cc3cccc(Cl)c3)c(CC3CCOCC3)s2)C[C@@H]1O.NS(=O)(=O)OC[C@H]1C[C@@H](Nc2ncncc2C(=O)c2cc(CCc3ccccc3)cs2)C[C@@H]1O.NS(=O)(=O)OC[C@H]1C[C@@H](Nc2ncncc2C(=O)c2cc(Cc3cccc(Cl)c3)c(Cl)s2)C[C@@H]1O. The number of nitrogens with one attached hydrogen (secondary N) is 2. The number of aromatic nitrogens is 10. The van der Waals surface area contributed by atoms with Gasteiger partial charge in [-0.15, -0.1) is 45.3 Å². The van der Waals surface area contributed by atoms with Crippen molar-refractivity contribution in [1.82, 2.24) is 49.7 Å². The molecule has 0 spiro atoms. The van der Waals surface area contributed by atoms with Gasteiger partial charge in [0.25, 0.3) is 0 Å². The standard InChI is InChI=1S/C29H34ClN3O6S2.C23H26N4O5S2.C22H22Cl2N4O5S2.C21H25N5O5S2.2CH4/c30-23-3-1-2-19(10-23)8-21-14-28(40-27(21)13-18-4-6-38-7-5-18)29(35)24-15-32-17-33-25(24)11-20-9-22(26(34)12-20)16-39-41(31,36)37;24-34(30,31)32-12-17-9-18(10-20(17)28)27-23-19(11-25-14-26-23)22(29)21-8-16(13-33-21)7-6-15-4-2-1-3-5-15;23-15-3-1-2-12(5-15)4-13-7-19(34-21(13)24)20(30)17-9-26-11-27-22(17)28-16-6-14(18(29)8-16)10-33-35(25,31)32;1-13-15(10-26-4-2-3-25-26)8-20(32-13)21(28)17-9-23-12-24-18(17)6-14-5-16(19(27)7-14)11-31-33(22,29)30;;/h1-3,10,14-15,17-18,20,22,26,34H,4-9,11-13,16H2,(H2,31,36,37);1-5,8,11,13-14,17-18,20,28H,6-7,9-10,12H2,(H2,24,30,31)(H,25,26,27);1-3,5,7,9,11,14,16,18,29H,4,6,8,10H2,(H2,25,31,32)(H,26,27,28);2-4,8-9,12,14,16,19,27H,5-7,10-11H2,1H3,(H2,22,29,30);2*1H4/t20-,22+,26-;17-,18-,20+;14-,16-,18+;14-,16+,19-;;/m0110../s1. The molecule has 145 heavy (non-hydrogen) atoms. The predicted octanol–water partition coefficient (Wildman–Crippen LogP) is 12.6. The van der Waals surface area contributed by atoms with Crippen molar-refractivity contribution in [2.45, 2.75) is 174 Å². The van der Waals surface area contributed by atoms with Gasteiger partial charge < -0.3 is 35.8 Å². The Hall–Kier alpha value is -9.58. The van der Waals surface area contributed by atoms with Crippen molar-refractivity contribution in [1.29, 1.82) is 0 Å². The molecule has 0 bridgehead atoms. The Balaban J connectivity index is 0.000000172. The van der Waals surface area contributed by atoms with Gasteiger partial charge in [0, 0.05) is 106 Å². The van der Waals surface area contributed by atoms with E-state index in [0.717, 1.165) is 83.6 Å². The van der Waals surface area contributed by atoms with Gasteiger partial charge in [-0.05, 0) is 233 Å². The summed E-state index contributed by atoms with van der Waals surface area (Å²) in [6.45, 7) is 3.33. The van der Waals surface area contributed by atoms with Gasteiger partial charge in [0.15, 0.2) is 0 Å². The molecule has 0 unspecified atom stereocenters. The second-order valence-electron chi connectivity index (χ2n) is 35.8. The molecule has 1 saturated heterocycles. The van der Waals surface area contributed by atoms with Crippen LogP contribution in [0.2, 0.25) is 14.4 Å². The molecule has 12 atom stereocenters. The molecule has 37 nitrogen and oxygen atoms in total. The fraction of sp³-hybridized carbons (Fsp3) is 0.412. The second kappa shape index (κ2) is 52.5. The van der Waals surface area contributed by atoms with Gasteiger partial charge in [-0.25, -0.2) is 60.4 Å². The van der Waals surface area contributed by atoms with Crippen molar-refractivity contribution < 1.29 is 94.7 Å². The molecule has 1 aliphatic heterocycles. The first kappa shape index (κ1) is 114. The number of rotatable bonds is 39. The zero-order valence-corrected chi connectivity index (χ0v) is 85.9. The number of nitrogens with zero attached hydrogens (tertiary/aromatic N) is 10. The number of anilines is 2. The first-order valence-electron chi connectivity index (χ1n) is 45.7. The van der Waals surface area contributed by atoms with Gasteiger partial charge >= 0.3 is 41.2 Å².